The maximum Gasteiger partial charge on any atom is 0.0439 e. The summed E-state index contributed by atoms with van der Waals surface area (Å²) in [5.74, 6) is 2.55. The van der Waals surface area contributed by atoms with E-state index in [0.29, 0.717) is 0 Å². The normalized spacial score (nSPS) is 12.8. The van der Waals surface area contributed by atoms with E-state index in [2.05, 4.69) is 16.7 Å². The summed E-state index contributed by atoms with van der Waals surface area (Å²) in [6, 6.07) is 5.71. The zero-order chi connectivity index (χ0) is 12.1. The minimum Gasteiger partial charge on any atom is -0.344 e. The molecule has 12 N–H and O–H groups in total. The summed E-state index contributed by atoms with van der Waals surface area (Å²) in [5.41, 5.74) is 1.17. The van der Waals surface area contributed by atoms with Crippen LogP contribution in [0.4, 0.5) is 0 Å². The van der Waals surface area contributed by atoms with Gasteiger partial charge < -0.3 is 29.5 Å². The van der Waals surface area contributed by atoms with Crippen LogP contribution in [0, 0.1) is 0 Å². The molecule has 23 heavy (non-hydrogen) atoms. The predicted molar refractivity (Wildman–Crippen MR) is 113 cm³/mol. The zero-order valence-corrected chi connectivity index (χ0v) is 17.4. The molecule has 0 saturated carbocycles. The van der Waals surface area contributed by atoms with E-state index >= 15 is 0 Å². The van der Waals surface area contributed by atoms with Crippen molar-refractivity contribution in [3.63, 3.8) is 0 Å². The van der Waals surface area contributed by atoms with Crippen LogP contribution in [0.2, 0.25) is 10.0 Å². The van der Waals surface area contributed by atoms with E-state index < -0.39 is 0 Å². The first kappa shape index (κ1) is 34.8. The first-order valence-electron chi connectivity index (χ1n) is 6.00. The summed E-state index contributed by atoms with van der Waals surface area (Å²) in [6.07, 6.45) is 2.17. The Labute approximate surface area is 166 Å². The maximum absolute atomic E-state index is 6.14. The highest BCUT2D eigenvalue weighted by Gasteiger charge is 2.10. The highest BCUT2D eigenvalue weighted by molar-refractivity contribution is 7.99. The topological polar surface area (TPSA) is 143 Å². The van der Waals surface area contributed by atoms with Crippen LogP contribution >= 0.6 is 59.8 Å². The van der Waals surface area contributed by atoms with Crippen molar-refractivity contribution < 1.29 is 0 Å². The van der Waals surface area contributed by atoms with Crippen molar-refractivity contribution in [3.8, 4) is 0 Å². The van der Waals surface area contributed by atoms with Crippen molar-refractivity contribution in [2.24, 2.45) is 0 Å². The summed E-state index contributed by atoms with van der Waals surface area (Å²) in [5, 5.41) is 1.61. The van der Waals surface area contributed by atoms with Crippen molar-refractivity contribution in [2.75, 3.05) is 31.1 Å². The number of rotatable bonds is 4. The molecule has 1 aromatic carbocycles. The molecule has 1 heterocycles. The molecule has 5 nitrogen and oxygen atoms in total. The third-order valence-electron chi connectivity index (χ3n) is 3.03. The van der Waals surface area contributed by atoms with Crippen LogP contribution < -0.4 is 24.6 Å². The second-order valence-electron chi connectivity index (χ2n) is 4.29. The molecule has 10 heteroatoms. The smallest absolute Gasteiger partial charge is 0.0439 e. The van der Waals surface area contributed by atoms with E-state index in [9.17, 15) is 0 Å². The van der Waals surface area contributed by atoms with E-state index in [0.717, 1.165) is 22.9 Å². The van der Waals surface area contributed by atoms with Crippen LogP contribution in [-0.4, -0.2) is 36.0 Å². The molecule has 0 amide bonds. The molecule has 1 aliphatic rings. The third kappa shape index (κ3) is 12.5. The zero-order valence-electron chi connectivity index (χ0n) is 13.4. The highest BCUT2D eigenvalue weighted by atomic mass is 35.5. The lowest BCUT2D eigenvalue weighted by Crippen LogP contribution is -2.33. The minimum atomic E-state index is 0. The molecule has 0 radical (unpaired) electrons. The average Bonchev–Trinajstić information content (AvgIpc) is 2.35. The number of benzene rings is 1. The SMILES string of the molecule is Cl.Cl.Clc1ccc(Cl)c(CCCN2CCSCC2)c1.N.N.N.N. The Morgan fingerprint density at radius 1 is 0.957 bits per heavy atom. The Bertz CT molecular complexity index is 381. The van der Waals surface area contributed by atoms with Gasteiger partial charge in [-0.3, -0.25) is 0 Å². The summed E-state index contributed by atoms with van der Waals surface area (Å²) in [7, 11) is 0. The van der Waals surface area contributed by atoms with Crippen molar-refractivity contribution in [1.29, 1.82) is 0 Å². The monoisotopic (exact) mass is 429 g/mol. The molecular weight excluding hydrogens is 400 g/mol. The van der Waals surface area contributed by atoms with Crippen molar-refractivity contribution >= 4 is 59.8 Å². The third-order valence-corrected chi connectivity index (χ3v) is 4.58. The van der Waals surface area contributed by atoms with Gasteiger partial charge in [0.1, 0.15) is 0 Å². The summed E-state index contributed by atoms with van der Waals surface area (Å²) in [6.45, 7) is 3.63. The van der Waals surface area contributed by atoms with Gasteiger partial charge >= 0.3 is 0 Å². The van der Waals surface area contributed by atoms with E-state index in [-0.39, 0.29) is 49.4 Å². The molecule has 1 aromatic rings. The van der Waals surface area contributed by atoms with Crippen molar-refractivity contribution in [1.82, 2.24) is 29.5 Å². The fraction of sp³-hybridized carbons (Fsp3) is 0.538. The highest BCUT2D eigenvalue weighted by Crippen LogP contribution is 2.22. The molecule has 0 bridgehead atoms. The molecular formula is C13H31Cl4N5S. The van der Waals surface area contributed by atoms with Gasteiger partial charge in [0.2, 0.25) is 0 Å². The van der Waals surface area contributed by atoms with Crippen LogP contribution in [-0.2, 0) is 6.42 Å². The summed E-state index contributed by atoms with van der Waals surface area (Å²) >= 11 is 14.2. The molecule has 142 valence electrons. The number of nitrogens with zero attached hydrogens (tertiary/aromatic N) is 1. The molecule has 0 atom stereocenters. The minimum absolute atomic E-state index is 0. The van der Waals surface area contributed by atoms with Gasteiger partial charge in [-0.25, -0.2) is 0 Å². The Morgan fingerprint density at radius 2 is 1.52 bits per heavy atom. The predicted octanol–water partition coefficient (Wildman–Crippen LogP) is 5.47. The van der Waals surface area contributed by atoms with Gasteiger partial charge in [-0.05, 0) is 43.1 Å². The van der Waals surface area contributed by atoms with Crippen LogP contribution in [0.5, 0.6) is 0 Å². The van der Waals surface area contributed by atoms with Crippen LogP contribution in [0.25, 0.3) is 0 Å². The van der Waals surface area contributed by atoms with Gasteiger partial charge in [0.05, 0.1) is 0 Å². The second kappa shape index (κ2) is 18.9. The van der Waals surface area contributed by atoms with E-state index in [1.807, 2.05) is 18.2 Å². The first-order chi connectivity index (χ1) is 8.25. The number of hydrogen-bond donors (Lipinski definition) is 4. The molecule has 0 aliphatic carbocycles. The Hall–Kier alpha value is 0.530. The van der Waals surface area contributed by atoms with Gasteiger partial charge in [-0.15, -0.1) is 24.8 Å². The van der Waals surface area contributed by atoms with Crippen LogP contribution in [0.1, 0.15) is 12.0 Å². The van der Waals surface area contributed by atoms with Gasteiger partial charge in [-0.2, -0.15) is 11.8 Å². The van der Waals surface area contributed by atoms with E-state index in [4.69, 9.17) is 23.2 Å². The van der Waals surface area contributed by atoms with Gasteiger partial charge in [0, 0.05) is 34.6 Å². The summed E-state index contributed by atoms with van der Waals surface area (Å²) < 4.78 is 0. The Morgan fingerprint density at radius 3 is 2.09 bits per heavy atom. The number of halogens is 4. The fourth-order valence-electron chi connectivity index (χ4n) is 2.05. The lowest BCUT2D eigenvalue weighted by molar-refractivity contribution is 0.299. The lowest BCUT2D eigenvalue weighted by atomic mass is 10.1. The van der Waals surface area contributed by atoms with Crippen molar-refractivity contribution in [2.45, 2.75) is 12.8 Å². The number of thioether (sulfide) groups is 1. The fourth-order valence-corrected chi connectivity index (χ4v) is 3.44. The number of hydrogen-bond acceptors (Lipinski definition) is 6. The van der Waals surface area contributed by atoms with Gasteiger partial charge in [0.15, 0.2) is 0 Å². The standard InChI is InChI=1S/C13H17Cl2NS.2ClH.4H3N/c14-12-3-4-13(15)11(10-12)2-1-5-16-6-8-17-9-7-16;;;;;;/h3-4,10H,1-2,5-9H2;2*1H;4*1H3. The van der Waals surface area contributed by atoms with Crippen molar-refractivity contribution in [3.05, 3.63) is 33.8 Å². The quantitative estimate of drug-likeness (QED) is 0.498. The van der Waals surface area contributed by atoms with Crippen LogP contribution in [0.3, 0.4) is 0 Å². The maximum atomic E-state index is 6.14. The lowest BCUT2D eigenvalue weighted by Gasteiger charge is -2.26. The first-order valence-corrected chi connectivity index (χ1v) is 7.91. The molecule has 1 aliphatic heterocycles. The molecule has 1 fully saturated rings. The average molecular weight is 431 g/mol. The van der Waals surface area contributed by atoms with Gasteiger partial charge in [0.25, 0.3) is 0 Å². The van der Waals surface area contributed by atoms with Gasteiger partial charge in [-0.1, -0.05) is 23.2 Å². The number of aryl methyl sites for hydroxylation is 1. The van der Waals surface area contributed by atoms with E-state index in [1.165, 1.54) is 36.7 Å². The van der Waals surface area contributed by atoms with E-state index in [1.54, 1.807) is 0 Å². The Balaban J connectivity index is -0.000000180. The summed E-state index contributed by atoms with van der Waals surface area (Å²) in [4.78, 5) is 2.54. The molecule has 0 unspecified atom stereocenters. The van der Waals surface area contributed by atoms with Crippen LogP contribution in [0.15, 0.2) is 18.2 Å². The largest absolute Gasteiger partial charge is 0.344 e. The Kier molecular flexibility index (Phi) is 28.5. The molecule has 0 spiro atoms. The second-order valence-corrected chi connectivity index (χ2v) is 6.36. The molecule has 2 rings (SSSR count). The molecule has 0 aromatic heterocycles. The molecule has 1 saturated heterocycles.